The van der Waals surface area contributed by atoms with Gasteiger partial charge >= 0.3 is 5.97 Å². The van der Waals surface area contributed by atoms with Crippen LogP contribution in [0.4, 0.5) is 0 Å². The van der Waals surface area contributed by atoms with Crippen LogP contribution in [0.2, 0.25) is 0 Å². The summed E-state index contributed by atoms with van der Waals surface area (Å²) in [5.41, 5.74) is 5.21. The van der Waals surface area contributed by atoms with E-state index in [-0.39, 0.29) is 17.4 Å². The number of aliphatic carboxylic acids is 1. The first kappa shape index (κ1) is 16.3. The van der Waals surface area contributed by atoms with Gasteiger partial charge in [-0.3, -0.25) is 4.79 Å². The smallest absolute Gasteiger partial charge is 0.323 e. The van der Waals surface area contributed by atoms with Crippen LogP contribution < -0.4 is 5.73 Å². The van der Waals surface area contributed by atoms with E-state index < -0.39 is 11.5 Å². The number of nitrogens with two attached hydrogens (primary N) is 1. The predicted molar refractivity (Wildman–Crippen MR) is 76.7 cm³/mol. The molecule has 0 aromatic heterocycles. The molecule has 0 aliphatic heterocycles. The lowest BCUT2D eigenvalue weighted by atomic mass is 9.87. The van der Waals surface area contributed by atoms with Gasteiger partial charge in [0, 0.05) is 0 Å². The summed E-state index contributed by atoms with van der Waals surface area (Å²) in [6.45, 7) is 3.49. The van der Waals surface area contributed by atoms with Crippen molar-refractivity contribution in [3.05, 3.63) is 23.8 Å². The van der Waals surface area contributed by atoms with Crippen LogP contribution in [0.25, 0.3) is 0 Å². The monoisotopic (exact) mass is 281 g/mol. The summed E-state index contributed by atoms with van der Waals surface area (Å²) in [6.07, 6.45) is 2.66. The van der Waals surface area contributed by atoms with Gasteiger partial charge in [0.2, 0.25) is 0 Å². The number of carboxylic acid groups (broad SMARTS) is 1. The van der Waals surface area contributed by atoms with Crippen LogP contribution in [0.1, 0.15) is 38.7 Å². The third-order valence-electron chi connectivity index (χ3n) is 3.47. The highest BCUT2D eigenvalue weighted by atomic mass is 16.4. The highest BCUT2D eigenvalue weighted by molar-refractivity contribution is 5.77. The van der Waals surface area contributed by atoms with Gasteiger partial charge in [0.25, 0.3) is 0 Å². The van der Waals surface area contributed by atoms with Crippen LogP contribution in [-0.4, -0.2) is 26.8 Å². The second-order valence-electron chi connectivity index (χ2n) is 5.74. The quantitative estimate of drug-likeness (QED) is 0.574. The lowest BCUT2D eigenvalue weighted by molar-refractivity contribution is -0.143. The number of aryl methyl sites for hydroxylation is 1. The number of rotatable bonds is 7. The summed E-state index contributed by atoms with van der Waals surface area (Å²) in [5, 5.41) is 28.0. The largest absolute Gasteiger partial charge is 0.508 e. The molecule has 5 heteroatoms. The SMILES string of the molecule is CC(CCCc1cc(O)ccc1O)CC(C)(N)C(=O)O. The highest BCUT2D eigenvalue weighted by Gasteiger charge is 2.29. The van der Waals surface area contributed by atoms with E-state index in [1.54, 1.807) is 6.07 Å². The lowest BCUT2D eigenvalue weighted by Gasteiger charge is -2.23. The Balaban J connectivity index is 2.44. The maximum absolute atomic E-state index is 10.9. The number of hydrogen-bond acceptors (Lipinski definition) is 4. The molecule has 0 saturated heterocycles. The van der Waals surface area contributed by atoms with Crippen LogP contribution in [0, 0.1) is 5.92 Å². The molecule has 0 aliphatic carbocycles. The molecule has 0 heterocycles. The van der Waals surface area contributed by atoms with Crippen molar-refractivity contribution in [3.63, 3.8) is 0 Å². The molecular weight excluding hydrogens is 258 g/mol. The van der Waals surface area contributed by atoms with Crippen molar-refractivity contribution in [3.8, 4) is 11.5 Å². The van der Waals surface area contributed by atoms with Gasteiger partial charge in [-0.2, -0.15) is 0 Å². The zero-order valence-electron chi connectivity index (χ0n) is 12.0. The standard InChI is InChI=1S/C15H23NO4/c1-10(9-15(2,16)14(19)20)4-3-5-11-8-12(17)6-7-13(11)18/h6-8,10,17-18H,3-5,9,16H2,1-2H3,(H,19,20). The minimum absolute atomic E-state index is 0.131. The highest BCUT2D eigenvalue weighted by Crippen LogP contribution is 2.25. The maximum atomic E-state index is 10.9. The fraction of sp³-hybridized carbons (Fsp3) is 0.533. The van der Waals surface area contributed by atoms with Gasteiger partial charge in [0.05, 0.1) is 0 Å². The summed E-state index contributed by atoms with van der Waals surface area (Å²) < 4.78 is 0. The first-order valence-electron chi connectivity index (χ1n) is 6.75. The molecule has 0 aliphatic rings. The fourth-order valence-corrected chi connectivity index (χ4v) is 2.33. The number of benzene rings is 1. The molecule has 20 heavy (non-hydrogen) atoms. The first-order valence-corrected chi connectivity index (χ1v) is 6.75. The minimum atomic E-state index is -1.20. The molecule has 1 aromatic carbocycles. The molecule has 0 bridgehead atoms. The minimum Gasteiger partial charge on any atom is -0.508 e. The Kier molecular flexibility index (Phi) is 5.39. The van der Waals surface area contributed by atoms with Gasteiger partial charge in [0.15, 0.2) is 0 Å². The van der Waals surface area contributed by atoms with E-state index in [4.69, 9.17) is 10.8 Å². The molecule has 0 fully saturated rings. The third kappa shape index (κ3) is 4.74. The molecule has 1 aromatic rings. The van der Waals surface area contributed by atoms with E-state index in [1.165, 1.54) is 19.1 Å². The molecule has 1 rings (SSSR count). The zero-order valence-corrected chi connectivity index (χ0v) is 12.0. The maximum Gasteiger partial charge on any atom is 0.323 e. The molecule has 112 valence electrons. The second kappa shape index (κ2) is 6.61. The van der Waals surface area contributed by atoms with E-state index in [9.17, 15) is 15.0 Å². The van der Waals surface area contributed by atoms with Crippen molar-refractivity contribution in [1.82, 2.24) is 0 Å². The van der Waals surface area contributed by atoms with Crippen molar-refractivity contribution in [1.29, 1.82) is 0 Å². The fourth-order valence-electron chi connectivity index (χ4n) is 2.33. The Labute approximate surface area is 119 Å². The van der Waals surface area contributed by atoms with Crippen LogP contribution in [0.5, 0.6) is 11.5 Å². The Bertz CT molecular complexity index is 471. The van der Waals surface area contributed by atoms with Gasteiger partial charge in [-0.05, 0) is 55.9 Å². The molecule has 2 atom stereocenters. The summed E-state index contributed by atoms with van der Waals surface area (Å²) in [5.74, 6) is -0.508. The third-order valence-corrected chi connectivity index (χ3v) is 3.47. The topological polar surface area (TPSA) is 104 Å². The van der Waals surface area contributed by atoms with Crippen LogP contribution in [0.3, 0.4) is 0 Å². The van der Waals surface area contributed by atoms with Gasteiger partial charge in [-0.25, -0.2) is 0 Å². The summed E-state index contributed by atoms with van der Waals surface area (Å²) >= 11 is 0. The predicted octanol–water partition coefficient (Wildman–Crippen LogP) is 2.25. The Morgan fingerprint density at radius 2 is 2.05 bits per heavy atom. The van der Waals surface area contributed by atoms with E-state index in [0.29, 0.717) is 18.4 Å². The normalized spacial score (nSPS) is 15.6. The Hall–Kier alpha value is -1.75. The van der Waals surface area contributed by atoms with E-state index in [2.05, 4.69) is 0 Å². The average Bonchev–Trinajstić information content (AvgIpc) is 2.32. The summed E-state index contributed by atoms with van der Waals surface area (Å²) in [4.78, 5) is 10.9. The van der Waals surface area contributed by atoms with Crippen molar-refractivity contribution in [2.75, 3.05) is 0 Å². The van der Waals surface area contributed by atoms with Crippen molar-refractivity contribution in [2.24, 2.45) is 11.7 Å². The van der Waals surface area contributed by atoms with Crippen LogP contribution in [0.15, 0.2) is 18.2 Å². The van der Waals surface area contributed by atoms with E-state index >= 15 is 0 Å². The van der Waals surface area contributed by atoms with Gasteiger partial charge < -0.3 is 21.1 Å². The average molecular weight is 281 g/mol. The molecule has 5 N–H and O–H groups in total. The lowest BCUT2D eigenvalue weighted by Crippen LogP contribution is -2.46. The molecule has 2 unspecified atom stereocenters. The molecule has 5 nitrogen and oxygen atoms in total. The molecule has 0 spiro atoms. The number of phenolic OH excluding ortho intramolecular Hbond substituents is 2. The van der Waals surface area contributed by atoms with E-state index in [0.717, 1.165) is 12.8 Å². The van der Waals surface area contributed by atoms with Crippen LogP contribution >= 0.6 is 0 Å². The van der Waals surface area contributed by atoms with Gasteiger partial charge in [0.1, 0.15) is 17.0 Å². The number of carboxylic acids is 1. The number of hydrogen-bond donors (Lipinski definition) is 4. The molecular formula is C15H23NO4. The Morgan fingerprint density at radius 1 is 1.40 bits per heavy atom. The first-order chi connectivity index (χ1) is 9.22. The summed E-state index contributed by atoms with van der Waals surface area (Å²) in [7, 11) is 0. The number of phenols is 2. The zero-order chi connectivity index (χ0) is 15.3. The van der Waals surface area contributed by atoms with Crippen molar-refractivity contribution < 1.29 is 20.1 Å². The van der Waals surface area contributed by atoms with Crippen LogP contribution in [-0.2, 0) is 11.2 Å². The summed E-state index contributed by atoms with van der Waals surface area (Å²) in [6, 6.07) is 4.45. The van der Waals surface area contributed by atoms with E-state index in [1.807, 2.05) is 6.92 Å². The molecule has 0 radical (unpaired) electrons. The van der Waals surface area contributed by atoms with Crippen molar-refractivity contribution in [2.45, 2.75) is 45.1 Å². The molecule has 0 saturated carbocycles. The van der Waals surface area contributed by atoms with Gasteiger partial charge in [-0.15, -0.1) is 0 Å². The Morgan fingerprint density at radius 3 is 2.65 bits per heavy atom. The number of aromatic hydroxyl groups is 2. The van der Waals surface area contributed by atoms with Gasteiger partial charge in [-0.1, -0.05) is 13.3 Å². The second-order valence-corrected chi connectivity index (χ2v) is 5.74. The number of carbonyl (C=O) groups is 1. The van der Waals surface area contributed by atoms with Crippen molar-refractivity contribution >= 4 is 5.97 Å². The molecule has 0 amide bonds.